The minimum atomic E-state index is 0.0475. The van der Waals surface area contributed by atoms with Gasteiger partial charge in [0.25, 0.3) is 5.91 Å². The second kappa shape index (κ2) is 4.87. The Bertz CT molecular complexity index is 392. The van der Waals surface area contributed by atoms with Crippen molar-refractivity contribution >= 4 is 5.91 Å². The third-order valence-corrected chi connectivity index (χ3v) is 2.94. The molecule has 0 radical (unpaired) electrons. The number of aromatic nitrogens is 2. The Morgan fingerprint density at radius 2 is 2.12 bits per heavy atom. The van der Waals surface area contributed by atoms with Gasteiger partial charge < -0.3 is 9.64 Å². The van der Waals surface area contributed by atoms with Crippen LogP contribution in [-0.2, 0) is 11.3 Å². The molecule has 1 aliphatic rings. The number of ether oxygens (including phenoxy) is 1. The van der Waals surface area contributed by atoms with Crippen molar-refractivity contribution in [2.75, 3.05) is 13.1 Å². The third-order valence-electron chi connectivity index (χ3n) is 2.94. The molecule has 94 valence electrons. The highest BCUT2D eigenvalue weighted by Gasteiger charge is 2.27. The topological polar surface area (TPSA) is 47.4 Å². The Balaban J connectivity index is 2.14. The molecule has 1 fully saturated rings. The van der Waals surface area contributed by atoms with E-state index in [9.17, 15) is 4.79 Å². The van der Waals surface area contributed by atoms with E-state index < -0.39 is 0 Å². The highest BCUT2D eigenvalue weighted by atomic mass is 16.5. The average molecular weight is 237 g/mol. The number of rotatable bonds is 2. The van der Waals surface area contributed by atoms with E-state index in [0.29, 0.717) is 25.3 Å². The average Bonchev–Trinajstić information content (AvgIpc) is 2.74. The maximum atomic E-state index is 12.3. The van der Waals surface area contributed by atoms with Crippen LogP contribution in [0.2, 0.25) is 0 Å². The Morgan fingerprint density at radius 1 is 1.47 bits per heavy atom. The minimum absolute atomic E-state index is 0.0475. The van der Waals surface area contributed by atoms with Crippen molar-refractivity contribution in [2.45, 2.75) is 39.5 Å². The van der Waals surface area contributed by atoms with E-state index >= 15 is 0 Å². The molecular formula is C12H19N3O2. The summed E-state index contributed by atoms with van der Waals surface area (Å²) in [4.78, 5) is 14.2. The molecule has 2 atom stereocenters. The second-order valence-electron chi connectivity index (χ2n) is 4.50. The van der Waals surface area contributed by atoms with Crippen LogP contribution in [0.25, 0.3) is 0 Å². The van der Waals surface area contributed by atoms with Crippen LogP contribution in [0.1, 0.15) is 31.3 Å². The van der Waals surface area contributed by atoms with Crippen LogP contribution >= 0.6 is 0 Å². The molecule has 0 spiro atoms. The van der Waals surface area contributed by atoms with E-state index in [2.05, 4.69) is 5.10 Å². The fraction of sp³-hybridized carbons (Fsp3) is 0.667. The van der Waals surface area contributed by atoms with Crippen LogP contribution in [0.15, 0.2) is 12.3 Å². The van der Waals surface area contributed by atoms with Gasteiger partial charge in [-0.15, -0.1) is 0 Å². The number of morpholine rings is 1. The fourth-order valence-electron chi connectivity index (χ4n) is 2.27. The SMILES string of the molecule is CCn1nccc1C(=O)N1C[C@@H](C)O[C@H](C)C1. The molecule has 0 N–H and O–H groups in total. The Hall–Kier alpha value is -1.36. The van der Waals surface area contributed by atoms with Gasteiger partial charge in [0.1, 0.15) is 5.69 Å². The van der Waals surface area contributed by atoms with Crippen LogP contribution in [-0.4, -0.2) is 45.9 Å². The van der Waals surface area contributed by atoms with E-state index in [1.165, 1.54) is 0 Å². The molecule has 5 nitrogen and oxygen atoms in total. The summed E-state index contributed by atoms with van der Waals surface area (Å²) in [6, 6.07) is 1.77. The lowest BCUT2D eigenvalue weighted by Gasteiger charge is -2.35. The molecule has 0 aliphatic carbocycles. The fourth-order valence-corrected chi connectivity index (χ4v) is 2.27. The van der Waals surface area contributed by atoms with E-state index in [-0.39, 0.29) is 18.1 Å². The number of aryl methyl sites for hydroxylation is 1. The summed E-state index contributed by atoms with van der Waals surface area (Å²) in [6.07, 6.45) is 1.87. The van der Waals surface area contributed by atoms with Crippen molar-refractivity contribution in [1.29, 1.82) is 0 Å². The van der Waals surface area contributed by atoms with Gasteiger partial charge in [-0.05, 0) is 26.8 Å². The molecule has 2 heterocycles. The third kappa shape index (κ3) is 2.49. The lowest BCUT2D eigenvalue weighted by atomic mass is 10.2. The zero-order valence-electron chi connectivity index (χ0n) is 10.6. The molecule has 0 unspecified atom stereocenters. The number of carbonyl (C=O) groups is 1. The first-order chi connectivity index (χ1) is 8.11. The second-order valence-corrected chi connectivity index (χ2v) is 4.50. The van der Waals surface area contributed by atoms with Gasteiger partial charge in [-0.25, -0.2) is 0 Å². The smallest absolute Gasteiger partial charge is 0.272 e. The van der Waals surface area contributed by atoms with Crippen molar-refractivity contribution in [2.24, 2.45) is 0 Å². The van der Waals surface area contributed by atoms with Gasteiger partial charge >= 0.3 is 0 Å². The molecule has 1 aromatic rings. The van der Waals surface area contributed by atoms with E-state index in [0.717, 1.165) is 0 Å². The predicted octanol–water partition coefficient (Wildman–Crippen LogP) is 1.15. The van der Waals surface area contributed by atoms with E-state index in [1.807, 2.05) is 25.7 Å². The van der Waals surface area contributed by atoms with Gasteiger partial charge in [0, 0.05) is 25.8 Å². The molecule has 17 heavy (non-hydrogen) atoms. The molecule has 1 amide bonds. The van der Waals surface area contributed by atoms with Crippen LogP contribution in [0.4, 0.5) is 0 Å². The first-order valence-corrected chi connectivity index (χ1v) is 6.08. The molecule has 2 rings (SSSR count). The van der Waals surface area contributed by atoms with Crippen molar-refractivity contribution in [1.82, 2.24) is 14.7 Å². The Morgan fingerprint density at radius 3 is 2.71 bits per heavy atom. The maximum absolute atomic E-state index is 12.3. The molecular weight excluding hydrogens is 218 g/mol. The molecule has 5 heteroatoms. The van der Waals surface area contributed by atoms with Gasteiger partial charge in [-0.2, -0.15) is 5.10 Å². The predicted molar refractivity (Wildman–Crippen MR) is 63.8 cm³/mol. The Labute approximate surface area is 101 Å². The lowest BCUT2D eigenvalue weighted by molar-refractivity contribution is -0.0588. The number of hydrogen-bond acceptors (Lipinski definition) is 3. The van der Waals surface area contributed by atoms with Crippen molar-refractivity contribution in [3.8, 4) is 0 Å². The Kier molecular flexibility index (Phi) is 3.47. The molecule has 0 aromatic carbocycles. The number of amides is 1. The minimum Gasteiger partial charge on any atom is -0.372 e. The highest BCUT2D eigenvalue weighted by molar-refractivity contribution is 5.92. The molecule has 0 saturated carbocycles. The summed E-state index contributed by atoms with van der Waals surface area (Å²) < 4.78 is 7.35. The molecule has 1 saturated heterocycles. The van der Waals surface area contributed by atoms with Gasteiger partial charge in [0.15, 0.2) is 0 Å². The highest BCUT2D eigenvalue weighted by Crippen LogP contribution is 2.14. The monoisotopic (exact) mass is 237 g/mol. The molecule has 1 aliphatic heterocycles. The first-order valence-electron chi connectivity index (χ1n) is 6.08. The van der Waals surface area contributed by atoms with E-state index in [4.69, 9.17) is 4.74 Å². The van der Waals surface area contributed by atoms with Gasteiger partial charge in [0.05, 0.1) is 12.2 Å². The van der Waals surface area contributed by atoms with Gasteiger partial charge in [-0.1, -0.05) is 0 Å². The quantitative estimate of drug-likeness (QED) is 0.775. The zero-order valence-corrected chi connectivity index (χ0v) is 10.6. The largest absolute Gasteiger partial charge is 0.372 e. The first kappa shape index (κ1) is 12.1. The standard InChI is InChI=1S/C12H19N3O2/c1-4-15-11(5-6-13-15)12(16)14-7-9(2)17-10(3)8-14/h5-6,9-10H,4,7-8H2,1-3H3/t9-,10-/m1/s1. The summed E-state index contributed by atoms with van der Waals surface area (Å²) in [5.41, 5.74) is 0.661. The number of nitrogens with zero attached hydrogens (tertiary/aromatic N) is 3. The zero-order chi connectivity index (χ0) is 12.4. The van der Waals surface area contributed by atoms with Crippen LogP contribution < -0.4 is 0 Å². The van der Waals surface area contributed by atoms with Gasteiger partial charge in [-0.3, -0.25) is 9.48 Å². The van der Waals surface area contributed by atoms with Crippen LogP contribution in [0.5, 0.6) is 0 Å². The molecule has 0 bridgehead atoms. The van der Waals surface area contributed by atoms with Crippen LogP contribution in [0.3, 0.4) is 0 Å². The lowest BCUT2D eigenvalue weighted by Crippen LogP contribution is -2.48. The summed E-state index contributed by atoms with van der Waals surface area (Å²) in [5, 5.41) is 4.13. The summed E-state index contributed by atoms with van der Waals surface area (Å²) in [6.45, 7) is 7.98. The number of hydrogen-bond donors (Lipinski definition) is 0. The van der Waals surface area contributed by atoms with Crippen molar-refractivity contribution in [3.63, 3.8) is 0 Å². The van der Waals surface area contributed by atoms with Gasteiger partial charge in [0.2, 0.25) is 0 Å². The normalized spacial score (nSPS) is 25.0. The maximum Gasteiger partial charge on any atom is 0.272 e. The summed E-state index contributed by atoms with van der Waals surface area (Å²) in [5.74, 6) is 0.0475. The van der Waals surface area contributed by atoms with Crippen molar-refractivity contribution in [3.05, 3.63) is 18.0 Å². The van der Waals surface area contributed by atoms with Crippen LogP contribution in [0, 0.1) is 0 Å². The number of carbonyl (C=O) groups excluding carboxylic acids is 1. The van der Waals surface area contributed by atoms with E-state index in [1.54, 1.807) is 16.9 Å². The van der Waals surface area contributed by atoms with Crippen molar-refractivity contribution < 1.29 is 9.53 Å². The molecule has 1 aromatic heterocycles. The summed E-state index contributed by atoms with van der Waals surface area (Å²) >= 11 is 0. The summed E-state index contributed by atoms with van der Waals surface area (Å²) in [7, 11) is 0.